The number of hydrogen-bond donors (Lipinski definition) is 2. The lowest BCUT2D eigenvalue weighted by molar-refractivity contribution is -0.135. The minimum Gasteiger partial charge on any atom is -0.352 e. The molecule has 0 bridgehead atoms. The van der Waals surface area contributed by atoms with Crippen molar-refractivity contribution in [2.45, 2.75) is 45.2 Å². The van der Waals surface area contributed by atoms with Crippen molar-refractivity contribution < 1.29 is 14.4 Å². The van der Waals surface area contributed by atoms with Gasteiger partial charge in [0.25, 0.3) is 5.91 Å². The van der Waals surface area contributed by atoms with E-state index >= 15 is 0 Å². The van der Waals surface area contributed by atoms with Crippen LogP contribution in [0.1, 0.15) is 39.2 Å². The maximum absolute atomic E-state index is 12.8. The quantitative estimate of drug-likeness (QED) is 0.785. The lowest BCUT2D eigenvalue weighted by Gasteiger charge is -2.25. The van der Waals surface area contributed by atoms with Crippen LogP contribution in [-0.2, 0) is 15.1 Å². The molecule has 6 heteroatoms. The van der Waals surface area contributed by atoms with Gasteiger partial charge < -0.3 is 10.6 Å². The third-order valence-electron chi connectivity index (χ3n) is 4.29. The lowest BCUT2D eigenvalue weighted by atomic mass is 9.87. The molecule has 4 amide bonds. The lowest BCUT2D eigenvalue weighted by Crippen LogP contribution is -2.45. The predicted octanol–water partition coefficient (Wildman–Crippen LogP) is 1.76. The molecule has 6 nitrogen and oxygen atoms in total. The number of benzene rings is 1. The van der Waals surface area contributed by atoms with Crippen LogP contribution in [0.3, 0.4) is 0 Å². The van der Waals surface area contributed by atoms with Gasteiger partial charge in [-0.15, -0.1) is 0 Å². The molecule has 1 aromatic carbocycles. The Morgan fingerprint density at radius 3 is 2.48 bits per heavy atom. The molecule has 124 valence electrons. The topological polar surface area (TPSA) is 78.5 Å². The first kappa shape index (κ1) is 17.0. The standard InChI is InChI=1S/C17H23N3O3/c1-4-12(3)18-14(21)11-20-15(22)17(5-2,19-16(20)23)13-9-7-6-8-10-13/h6-10,12H,4-5,11H2,1-3H3,(H,18,21)(H,19,23)/t12-,17+/m0/s1. The zero-order chi connectivity index (χ0) is 17.0. The van der Waals surface area contributed by atoms with E-state index in [2.05, 4.69) is 10.6 Å². The van der Waals surface area contributed by atoms with Gasteiger partial charge in [-0.1, -0.05) is 44.2 Å². The van der Waals surface area contributed by atoms with E-state index in [-0.39, 0.29) is 24.4 Å². The molecule has 1 aromatic rings. The minimum atomic E-state index is -1.09. The summed E-state index contributed by atoms with van der Waals surface area (Å²) in [7, 11) is 0. The number of carbonyl (C=O) groups excluding carboxylic acids is 3. The molecule has 1 saturated heterocycles. The monoisotopic (exact) mass is 317 g/mol. The van der Waals surface area contributed by atoms with Gasteiger partial charge in [-0.2, -0.15) is 0 Å². The number of nitrogens with zero attached hydrogens (tertiary/aromatic N) is 1. The van der Waals surface area contributed by atoms with Crippen LogP contribution in [0.25, 0.3) is 0 Å². The Balaban J connectivity index is 2.20. The molecule has 0 saturated carbocycles. The van der Waals surface area contributed by atoms with E-state index in [9.17, 15) is 14.4 Å². The SMILES string of the molecule is CC[C@H](C)NC(=O)CN1C(=O)N[C@](CC)(c2ccccc2)C1=O. The Kier molecular flexibility index (Phi) is 5.03. The smallest absolute Gasteiger partial charge is 0.325 e. The molecule has 1 aliphatic heterocycles. The van der Waals surface area contributed by atoms with Gasteiger partial charge in [-0.3, -0.25) is 14.5 Å². The fourth-order valence-electron chi connectivity index (χ4n) is 2.70. The Bertz CT molecular complexity index is 602. The Morgan fingerprint density at radius 1 is 1.26 bits per heavy atom. The number of nitrogens with one attached hydrogen (secondary N) is 2. The van der Waals surface area contributed by atoms with Crippen LogP contribution in [-0.4, -0.2) is 35.3 Å². The van der Waals surface area contributed by atoms with Gasteiger partial charge in [0.15, 0.2) is 0 Å². The third-order valence-corrected chi connectivity index (χ3v) is 4.29. The van der Waals surface area contributed by atoms with Crippen molar-refractivity contribution in [1.29, 1.82) is 0 Å². The summed E-state index contributed by atoms with van der Waals surface area (Å²) in [5.41, 5.74) is -0.361. The molecule has 1 heterocycles. The average molecular weight is 317 g/mol. The van der Waals surface area contributed by atoms with Crippen molar-refractivity contribution in [3.8, 4) is 0 Å². The number of urea groups is 1. The van der Waals surface area contributed by atoms with Crippen LogP contribution in [0, 0.1) is 0 Å². The highest BCUT2D eigenvalue weighted by Gasteiger charge is 2.51. The molecule has 2 rings (SSSR count). The summed E-state index contributed by atoms with van der Waals surface area (Å²) in [6, 6.07) is 8.60. The summed E-state index contributed by atoms with van der Waals surface area (Å²) in [5.74, 6) is -0.710. The molecular formula is C17H23N3O3. The second-order valence-electron chi connectivity index (χ2n) is 5.82. The first-order valence-corrected chi connectivity index (χ1v) is 7.93. The number of hydrogen-bond acceptors (Lipinski definition) is 3. The van der Waals surface area contributed by atoms with E-state index in [4.69, 9.17) is 0 Å². The first-order valence-electron chi connectivity index (χ1n) is 7.93. The van der Waals surface area contributed by atoms with E-state index in [0.717, 1.165) is 16.9 Å². The molecule has 2 atom stereocenters. The minimum absolute atomic E-state index is 0.00771. The van der Waals surface area contributed by atoms with Crippen LogP contribution >= 0.6 is 0 Å². The van der Waals surface area contributed by atoms with Crippen molar-refractivity contribution in [3.63, 3.8) is 0 Å². The number of imide groups is 1. The highest BCUT2D eigenvalue weighted by molar-refractivity contribution is 6.09. The van der Waals surface area contributed by atoms with Crippen molar-refractivity contribution in [1.82, 2.24) is 15.5 Å². The van der Waals surface area contributed by atoms with Gasteiger partial charge in [0.05, 0.1) is 0 Å². The highest BCUT2D eigenvalue weighted by atomic mass is 16.2. The normalized spacial score (nSPS) is 22.0. The molecule has 0 spiro atoms. The van der Waals surface area contributed by atoms with Gasteiger partial charge in [-0.05, 0) is 25.3 Å². The summed E-state index contributed by atoms with van der Waals surface area (Å²) in [5, 5.41) is 5.53. The van der Waals surface area contributed by atoms with Gasteiger partial charge >= 0.3 is 6.03 Å². The van der Waals surface area contributed by atoms with Crippen LogP contribution in [0.2, 0.25) is 0 Å². The summed E-state index contributed by atoms with van der Waals surface area (Å²) >= 11 is 0. The summed E-state index contributed by atoms with van der Waals surface area (Å²) in [4.78, 5) is 38.1. The third kappa shape index (κ3) is 3.21. The zero-order valence-corrected chi connectivity index (χ0v) is 13.8. The summed E-state index contributed by atoms with van der Waals surface area (Å²) in [6.45, 7) is 5.41. The second-order valence-corrected chi connectivity index (χ2v) is 5.82. The van der Waals surface area contributed by atoms with Gasteiger partial charge in [0.1, 0.15) is 12.1 Å². The first-order chi connectivity index (χ1) is 10.9. The molecule has 1 aliphatic rings. The van der Waals surface area contributed by atoms with E-state index in [1.54, 1.807) is 0 Å². The van der Waals surface area contributed by atoms with Crippen LogP contribution in [0.15, 0.2) is 30.3 Å². The Morgan fingerprint density at radius 2 is 1.91 bits per heavy atom. The predicted molar refractivity (Wildman–Crippen MR) is 86.6 cm³/mol. The average Bonchev–Trinajstić information content (AvgIpc) is 2.80. The zero-order valence-electron chi connectivity index (χ0n) is 13.8. The number of rotatable bonds is 6. The van der Waals surface area contributed by atoms with E-state index in [1.807, 2.05) is 51.1 Å². The van der Waals surface area contributed by atoms with Crippen LogP contribution < -0.4 is 10.6 Å². The van der Waals surface area contributed by atoms with E-state index < -0.39 is 11.6 Å². The van der Waals surface area contributed by atoms with Gasteiger partial charge in [0.2, 0.25) is 5.91 Å². The maximum atomic E-state index is 12.8. The van der Waals surface area contributed by atoms with Gasteiger partial charge in [-0.25, -0.2) is 4.79 Å². The van der Waals surface area contributed by atoms with Crippen LogP contribution in [0.5, 0.6) is 0 Å². The Labute approximate surface area is 136 Å². The summed E-state index contributed by atoms with van der Waals surface area (Å²) < 4.78 is 0. The Hall–Kier alpha value is -2.37. The summed E-state index contributed by atoms with van der Waals surface area (Å²) in [6.07, 6.45) is 1.21. The fraction of sp³-hybridized carbons (Fsp3) is 0.471. The number of carbonyl (C=O) groups is 3. The highest BCUT2D eigenvalue weighted by Crippen LogP contribution is 2.32. The molecule has 0 radical (unpaired) electrons. The van der Waals surface area contributed by atoms with Crippen molar-refractivity contribution >= 4 is 17.8 Å². The maximum Gasteiger partial charge on any atom is 0.325 e. The fourth-order valence-corrected chi connectivity index (χ4v) is 2.70. The molecule has 0 aromatic heterocycles. The molecule has 1 fully saturated rings. The van der Waals surface area contributed by atoms with Crippen molar-refractivity contribution in [3.05, 3.63) is 35.9 Å². The van der Waals surface area contributed by atoms with Crippen molar-refractivity contribution in [2.75, 3.05) is 6.54 Å². The molecule has 0 unspecified atom stereocenters. The van der Waals surface area contributed by atoms with E-state index in [0.29, 0.717) is 6.42 Å². The van der Waals surface area contributed by atoms with Crippen molar-refractivity contribution in [2.24, 2.45) is 0 Å². The second kappa shape index (κ2) is 6.81. The van der Waals surface area contributed by atoms with Crippen LogP contribution in [0.4, 0.5) is 4.79 Å². The van der Waals surface area contributed by atoms with Gasteiger partial charge in [0, 0.05) is 6.04 Å². The largest absolute Gasteiger partial charge is 0.352 e. The number of amides is 4. The molecular weight excluding hydrogens is 294 g/mol. The molecule has 0 aliphatic carbocycles. The van der Waals surface area contributed by atoms with E-state index in [1.165, 1.54) is 0 Å². The molecule has 23 heavy (non-hydrogen) atoms. The molecule has 2 N–H and O–H groups in total.